The van der Waals surface area contributed by atoms with Crippen molar-refractivity contribution in [1.82, 2.24) is 4.98 Å². The summed E-state index contributed by atoms with van der Waals surface area (Å²) in [5, 5.41) is 15.2. The molecule has 315 valence electrons. The first-order valence-electron chi connectivity index (χ1n) is 19.9. The Balaban J connectivity index is 0.000000224. The van der Waals surface area contributed by atoms with Crippen molar-refractivity contribution in [3.05, 3.63) is 89.8 Å². The van der Waals surface area contributed by atoms with E-state index in [0.717, 1.165) is 23.1 Å². The molecule has 11 heteroatoms. The van der Waals surface area contributed by atoms with Crippen LogP contribution in [0.25, 0.3) is 42.2 Å². The summed E-state index contributed by atoms with van der Waals surface area (Å²) in [7, 11) is 0. The van der Waals surface area contributed by atoms with Crippen LogP contribution in [-0.2, 0) is 36.7 Å². The van der Waals surface area contributed by atoms with E-state index in [1.807, 2.05) is 17.5 Å². The summed E-state index contributed by atoms with van der Waals surface area (Å²) in [5.74, 6) is -2.72. The van der Waals surface area contributed by atoms with Crippen LogP contribution < -0.4 is 0 Å². The molecule has 7 rings (SSSR count). The molecule has 58 heavy (non-hydrogen) atoms. The van der Waals surface area contributed by atoms with E-state index in [2.05, 4.69) is 102 Å². The summed E-state index contributed by atoms with van der Waals surface area (Å²) in [4.78, 5) is 17.3. The molecule has 5 aromatic rings. The number of aliphatic hydroxyl groups excluding tert-OH is 1. The van der Waals surface area contributed by atoms with Crippen molar-refractivity contribution < 1.29 is 56.3 Å². The zero-order valence-electron chi connectivity index (χ0n) is 33.9. The second kappa shape index (κ2) is 17.0. The van der Waals surface area contributed by atoms with Crippen LogP contribution in [-0.4, -0.2) is 28.2 Å². The summed E-state index contributed by atoms with van der Waals surface area (Å²) in [6, 6.07) is 23.5. The van der Waals surface area contributed by atoms with E-state index in [1.54, 1.807) is 0 Å². The molecule has 2 saturated carbocycles. The van der Waals surface area contributed by atoms with E-state index < -0.39 is 60.4 Å². The van der Waals surface area contributed by atoms with Gasteiger partial charge < -0.3 is 5.11 Å². The van der Waals surface area contributed by atoms with E-state index in [0.29, 0.717) is 12.8 Å². The van der Waals surface area contributed by atoms with Gasteiger partial charge in [-0.15, -0.1) is 40.5 Å². The zero-order chi connectivity index (χ0) is 41.6. The van der Waals surface area contributed by atoms with Gasteiger partial charge in [-0.2, -0.15) is 26.3 Å². The summed E-state index contributed by atoms with van der Waals surface area (Å²) in [5.41, 5.74) is -0.0975. The Kier molecular flexibility index (Phi) is 13.4. The number of allylic oxidation sites excluding steroid dienone is 2. The SMILES string of the molecule is CC(C)(C)Cc1cccc2c1sc1c(-c3[c-]c4ccccc4c(C(C)(C)C)c3)nccc12.O=C(/C=C(\O)C1(C(F)(F)F)CCCCC1)C1(C(F)(F)F)CCCCC1.[Ir]. The number of aromatic nitrogens is 1. The zero-order valence-corrected chi connectivity index (χ0v) is 37.2. The number of hydrogen-bond donors (Lipinski definition) is 1. The molecule has 0 aliphatic heterocycles. The Labute approximate surface area is 355 Å². The number of ketones is 1. The van der Waals surface area contributed by atoms with Crippen LogP contribution in [0.3, 0.4) is 0 Å². The van der Waals surface area contributed by atoms with E-state index in [1.165, 1.54) is 36.7 Å². The van der Waals surface area contributed by atoms with Crippen LogP contribution in [0.15, 0.2) is 72.6 Å². The third-order valence-corrected chi connectivity index (χ3v) is 13.1. The molecule has 2 aliphatic carbocycles. The number of carbonyl (C=O) groups is 1. The van der Waals surface area contributed by atoms with Crippen LogP contribution in [0.1, 0.15) is 117 Å². The molecule has 2 heterocycles. The molecular weight excluding hydrogens is 949 g/mol. The second-order valence-electron chi connectivity index (χ2n) is 18.2. The van der Waals surface area contributed by atoms with Gasteiger partial charge in [-0.05, 0) is 60.0 Å². The number of alkyl halides is 6. The smallest absolute Gasteiger partial charge is 0.401 e. The number of carbonyl (C=O) groups excluding carboxylic acids is 1. The fourth-order valence-electron chi connectivity index (χ4n) is 8.73. The quantitative estimate of drug-likeness (QED) is 0.0826. The van der Waals surface area contributed by atoms with Gasteiger partial charge in [0.25, 0.3) is 0 Å². The fraction of sp³-hybridized carbons (Fsp3) is 0.489. The largest absolute Gasteiger partial charge is 0.511 e. The van der Waals surface area contributed by atoms with Crippen molar-refractivity contribution in [3.63, 3.8) is 0 Å². The third kappa shape index (κ3) is 9.07. The minimum Gasteiger partial charge on any atom is -0.511 e. The molecule has 0 saturated heterocycles. The number of benzene rings is 3. The number of aliphatic hydroxyl groups is 1. The number of pyridine rings is 1. The summed E-state index contributed by atoms with van der Waals surface area (Å²) >= 11 is 1.89. The van der Waals surface area contributed by atoms with Crippen molar-refractivity contribution in [2.45, 2.75) is 130 Å². The van der Waals surface area contributed by atoms with Crippen LogP contribution in [0, 0.1) is 22.3 Å². The van der Waals surface area contributed by atoms with E-state index in [-0.39, 0.29) is 62.7 Å². The minimum atomic E-state index is -4.85. The van der Waals surface area contributed by atoms with E-state index in [9.17, 15) is 36.2 Å². The average molecular weight is 1000 g/mol. The number of nitrogens with zero attached hydrogens (tertiary/aromatic N) is 1. The van der Waals surface area contributed by atoms with Gasteiger partial charge in [0.2, 0.25) is 0 Å². The fourth-order valence-corrected chi connectivity index (χ4v) is 10.0. The van der Waals surface area contributed by atoms with E-state index >= 15 is 0 Å². The van der Waals surface area contributed by atoms with Gasteiger partial charge in [0.1, 0.15) is 16.6 Å². The molecule has 1 N–H and O–H groups in total. The molecule has 2 aliphatic rings. The van der Waals surface area contributed by atoms with Gasteiger partial charge in [-0.25, -0.2) is 0 Å². The van der Waals surface area contributed by atoms with Gasteiger partial charge in [0, 0.05) is 52.9 Å². The first-order chi connectivity index (χ1) is 26.6. The molecule has 3 aromatic carbocycles. The van der Waals surface area contributed by atoms with Gasteiger partial charge in [0.15, 0.2) is 5.78 Å². The maximum absolute atomic E-state index is 13.5. The first-order valence-corrected chi connectivity index (χ1v) is 20.7. The standard InChI is InChI=1S/C30H30NS.C17H22F6O2.Ir/c1-29(2,3)18-20-11-9-13-23-24-14-15-31-26(28(24)32-27(20)23)21-16-19-10-7-8-12-22(19)25(17-21)30(4,5)6;18-16(19,20)14(7-3-1-4-8-14)12(24)11-13(25)15(17(21,22)23)9-5-2-6-10-15;/h7-15,17H,18H2,1-6H3;11,24H,1-10H2;/q-1;;/b;12-11-;. The molecular formula is C47H52F6IrNO2S-. The Hall–Kier alpha value is -3.27. The molecule has 0 amide bonds. The molecule has 0 spiro atoms. The normalized spacial score (nSPS) is 17.8. The molecule has 0 atom stereocenters. The van der Waals surface area contributed by atoms with Crippen molar-refractivity contribution in [2.75, 3.05) is 0 Å². The predicted octanol–water partition coefficient (Wildman–Crippen LogP) is 15.0. The third-order valence-electron chi connectivity index (χ3n) is 11.8. The van der Waals surface area contributed by atoms with Crippen molar-refractivity contribution in [2.24, 2.45) is 16.2 Å². The Morgan fingerprint density at radius 3 is 1.88 bits per heavy atom. The summed E-state index contributed by atoms with van der Waals surface area (Å²) < 4.78 is 83.8. The predicted molar refractivity (Wildman–Crippen MR) is 220 cm³/mol. The Bertz CT molecular complexity index is 2280. The minimum absolute atomic E-state index is 0. The van der Waals surface area contributed by atoms with Gasteiger partial charge in [0.05, 0.1) is 0 Å². The second-order valence-corrected chi connectivity index (χ2v) is 19.3. The van der Waals surface area contributed by atoms with Crippen molar-refractivity contribution in [1.29, 1.82) is 0 Å². The topological polar surface area (TPSA) is 50.2 Å². The number of thiophene rings is 1. The molecule has 2 fully saturated rings. The van der Waals surface area contributed by atoms with Crippen molar-refractivity contribution >= 4 is 48.1 Å². The monoisotopic (exact) mass is 1000 g/mol. The Morgan fingerprint density at radius 2 is 1.31 bits per heavy atom. The average Bonchev–Trinajstić information content (AvgIpc) is 3.53. The number of hydrogen-bond acceptors (Lipinski definition) is 4. The Morgan fingerprint density at radius 1 is 0.759 bits per heavy atom. The van der Waals surface area contributed by atoms with Gasteiger partial charge in [-0.1, -0.05) is 127 Å². The molecule has 1 radical (unpaired) electrons. The molecule has 3 nitrogen and oxygen atoms in total. The molecule has 2 aromatic heterocycles. The molecule has 0 unspecified atom stereocenters. The van der Waals surface area contributed by atoms with Crippen molar-refractivity contribution in [3.8, 4) is 11.3 Å². The van der Waals surface area contributed by atoms with Crippen LogP contribution in [0.2, 0.25) is 0 Å². The van der Waals surface area contributed by atoms with Crippen LogP contribution in [0.4, 0.5) is 26.3 Å². The van der Waals surface area contributed by atoms with Crippen LogP contribution in [0.5, 0.6) is 0 Å². The number of halogens is 6. The summed E-state index contributed by atoms with van der Waals surface area (Å²) in [6.45, 7) is 13.8. The van der Waals surface area contributed by atoms with Crippen LogP contribution >= 0.6 is 11.3 Å². The maximum Gasteiger partial charge on any atom is 0.401 e. The first kappa shape index (κ1) is 45.8. The number of fused-ring (bicyclic) bond motifs is 4. The maximum atomic E-state index is 13.5. The van der Waals surface area contributed by atoms with E-state index in [4.69, 9.17) is 4.98 Å². The molecule has 0 bridgehead atoms. The number of rotatable bonds is 5. The van der Waals surface area contributed by atoms with Gasteiger partial charge in [-0.3, -0.25) is 9.78 Å². The summed E-state index contributed by atoms with van der Waals surface area (Å²) in [6.07, 6.45) is -6.24. The van der Waals surface area contributed by atoms with Gasteiger partial charge >= 0.3 is 12.4 Å².